The van der Waals surface area contributed by atoms with E-state index in [2.05, 4.69) is 20.9 Å². The van der Waals surface area contributed by atoms with Crippen LogP contribution in [-0.4, -0.2) is 63.9 Å². The van der Waals surface area contributed by atoms with Crippen LogP contribution in [0.2, 0.25) is 0 Å². The Labute approximate surface area is 286 Å². The fourth-order valence-corrected chi connectivity index (χ4v) is 5.22. The summed E-state index contributed by atoms with van der Waals surface area (Å²) in [5, 5.41) is 17.3. The van der Waals surface area contributed by atoms with Crippen molar-refractivity contribution >= 4 is 41.4 Å². The zero-order chi connectivity index (χ0) is 36.7. The quantitative estimate of drug-likeness (QED) is 0.0673. The summed E-state index contributed by atoms with van der Waals surface area (Å²) in [5.74, 6) is -3.89. The lowest BCUT2D eigenvalue weighted by Crippen LogP contribution is -2.45. The van der Waals surface area contributed by atoms with Crippen molar-refractivity contribution in [2.24, 2.45) is 22.2 Å². The van der Waals surface area contributed by atoms with Crippen LogP contribution in [0.15, 0.2) is 65.7 Å². The largest absolute Gasteiger partial charge is 0.481 e. The Kier molecular flexibility index (Phi) is 15.5. The van der Waals surface area contributed by atoms with Gasteiger partial charge in [-0.05, 0) is 44.2 Å². The number of carboxylic acid groups (broad SMARTS) is 1. The Hall–Kier alpha value is -5.66. The minimum Gasteiger partial charge on any atom is -0.481 e. The van der Waals surface area contributed by atoms with Crippen molar-refractivity contribution < 1.29 is 29.1 Å². The summed E-state index contributed by atoms with van der Waals surface area (Å²) in [6.07, 6.45) is -0.107. The molecule has 0 spiro atoms. The molecular weight excluding hydrogens is 628 g/mol. The average Bonchev–Trinajstić information content (AvgIpc) is 3.40. The fourth-order valence-electron chi connectivity index (χ4n) is 5.22. The maximum Gasteiger partial charge on any atom is 0.303 e. The van der Waals surface area contributed by atoms with E-state index in [1.54, 1.807) is 4.57 Å². The molecule has 0 aliphatic rings. The smallest absolute Gasteiger partial charge is 0.303 e. The van der Waals surface area contributed by atoms with Gasteiger partial charge in [0.25, 0.3) is 5.91 Å². The molecule has 2 unspecified atom stereocenters. The maximum atomic E-state index is 14.4. The van der Waals surface area contributed by atoms with Crippen LogP contribution in [0.25, 0.3) is 22.4 Å². The lowest BCUT2D eigenvalue weighted by molar-refractivity contribution is -0.137. The van der Waals surface area contributed by atoms with Crippen LogP contribution in [0.5, 0.6) is 0 Å². The van der Waals surface area contributed by atoms with E-state index < -0.39 is 41.7 Å². The van der Waals surface area contributed by atoms with Gasteiger partial charge in [-0.15, -0.1) is 0 Å². The standard InChI is InChI=1S/C33H42N8O6.C2H6/c1-19(2)41-28(22-13-8-5-9-14-22)26(21-11-6-4-7-12-21)27(32(47)39-23(29(34)45)15-10-18-37-33(35)36)30(41)40-31(46)24(38-20(3)42)16-17-25(43)44;1-2/h4-9,11-14,19,23-24H,10,15-18H2,1-3H3,(H2,34,45)(H,38,42)(H,39,47)(H,40,46)(H,43,44)(H4,35,36,37);1-2H3. The van der Waals surface area contributed by atoms with E-state index in [1.165, 1.54) is 6.92 Å². The number of nitrogens with two attached hydrogens (primary N) is 3. The summed E-state index contributed by atoms with van der Waals surface area (Å²) in [5.41, 5.74) is 19.0. The zero-order valence-electron chi connectivity index (χ0n) is 28.7. The summed E-state index contributed by atoms with van der Waals surface area (Å²) in [4.78, 5) is 67.9. The second kappa shape index (κ2) is 19.2. The first-order valence-corrected chi connectivity index (χ1v) is 16.2. The highest BCUT2D eigenvalue weighted by atomic mass is 16.4. The van der Waals surface area contributed by atoms with Gasteiger partial charge in [0.1, 0.15) is 17.9 Å². The van der Waals surface area contributed by atoms with Gasteiger partial charge in [0.15, 0.2) is 5.96 Å². The van der Waals surface area contributed by atoms with Gasteiger partial charge in [-0.2, -0.15) is 0 Å². The predicted octanol–water partition coefficient (Wildman–Crippen LogP) is 3.37. The Morgan fingerprint density at radius 2 is 1.41 bits per heavy atom. The molecule has 264 valence electrons. The number of anilines is 1. The summed E-state index contributed by atoms with van der Waals surface area (Å²) in [6.45, 7) is 9.19. The van der Waals surface area contributed by atoms with Gasteiger partial charge in [0, 0.05) is 31.5 Å². The number of aliphatic carboxylic acids is 1. The van der Waals surface area contributed by atoms with Crippen molar-refractivity contribution in [1.29, 1.82) is 0 Å². The third kappa shape index (κ3) is 11.2. The minimum atomic E-state index is -1.22. The van der Waals surface area contributed by atoms with Crippen molar-refractivity contribution in [3.05, 3.63) is 66.2 Å². The molecule has 0 bridgehead atoms. The minimum absolute atomic E-state index is 0.0485. The van der Waals surface area contributed by atoms with Gasteiger partial charge in [0.2, 0.25) is 17.7 Å². The van der Waals surface area contributed by atoms with Crippen LogP contribution in [0.4, 0.5) is 5.82 Å². The molecule has 0 saturated heterocycles. The van der Waals surface area contributed by atoms with E-state index in [0.29, 0.717) is 23.2 Å². The maximum absolute atomic E-state index is 14.4. The van der Waals surface area contributed by atoms with Crippen LogP contribution in [0.1, 0.15) is 76.7 Å². The number of nitrogens with zero attached hydrogens (tertiary/aromatic N) is 2. The third-order valence-electron chi connectivity index (χ3n) is 7.24. The van der Waals surface area contributed by atoms with Crippen LogP contribution in [0, 0.1) is 0 Å². The highest BCUT2D eigenvalue weighted by molar-refractivity contribution is 6.13. The number of hydrogen-bond acceptors (Lipinski definition) is 6. The van der Waals surface area contributed by atoms with Crippen LogP contribution < -0.4 is 33.2 Å². The van der Waals surface area contributed by atoms with Gasteiger partial charge in [-0.25, -0.2) is 0 Å². The first kappa shape index (κ1) is 39.5. The third-order valence-corrected chi connectivity index (χ3v) is 7.24. The van der Waals surface area contributed by atoms with E-state index >= 15 is 0 Å². The second-order valence-corrected chi connectivity index (χ2v) is 11.2. The summed E-state index contributed by atoms with van der Waals surface area (Å²) < 4.78 is 1.80. The SMILES string of the molecule is CC.CC(=O)NC(CCC(=O)O)C(=O)Nc1c(C(=O)NC(CCCN=C(N)N)C(N)=O)c(-c2ccccc2)c(-c2ccccc2)n1C(C)C. The van der Waals surface area contributed by atoms with Gasteiger partial charge >= 0.3 is 5.97 Å². The lowest BCUT2D eigenvalue weighted by atomic mass is 9.96. The highest BCUT2D eigenvalue weighted by Crippen LogP contribution is 2.44. The molecule has 10 N–H and O–H groups in total. The number of rotatable bonds is 16. The molecule has 0 aliphatic carbocycles. The molecule has 4 amide bonds. The van der Waals surface area contributed by atoms with Crippen molar-refractivity contribution in [3.63, 3.8) is 0 Å². The van der Waals surface area contributed by atoms with Crippen molar-refractivity contribution in [2.75, 3.05) is 11.9 Å². The molecular formula is C35H48N8O6. The number of aliphatic imine (C=N–C) groups is 1. The molecule has 14 heteroatoms. The molecule has 2 aromatic carbocycles. The van der Waals surface area contributed by atoms with E-state index in [0.717, 1.165) is 5.56 Å². The predicted molar refractivity (Wildman–Crippen MR) is 191 cm³/mol. The van der Waals surface area contributed by atoms with Gasteiger partial charge < -0.3 is 42.8 Å². The molecule has 1 heterocycles. The Bertz CT molecular complexity index is 1620. The highest BCUT2D eigenvalue weighted by Gasteiger charge is 2.34. The van der Waals surface area contributed by atoms with E-state index in [4.69, 9.17) is 17.2 Å². The number of guanidine groups is 1. The molecule has 0 aliphatic heterocycles. The Balaban J connectivity index is 0.00000409. The number of primary amides is 1. The molecule has 2 atom stereocenters. The summed E-state index contributed by atoms with van der Waals surface area (Å²) >= 11 is 0. The van der Waals surface area contributed by atoms with Gasteiger partial charge in [0.05, 0.1) is 11.3 Å². The normalized spacial score (nSPS) is 11.7. The molecule has 0 radical (unpaired) electrons. The molecule has 3 aromatic rings. The Morgan fingerprint density at radius 1 is 0.837 bits per heavy atom. The lowest BCUT2D eigenvalue weighted by Gasteiger charge is -2.22. The molecule has 49 heavy (non-hydrogen) atoms. The number of amides is 4. The van der Waals surface area contributed by atoms with Crippen LogP contribution >= 0.6 is 0 Å². The first-order valence-electron chi connectivity index (χ1n) is 16.2. The fraction of sp³-hybridized carbons (Fsp3) is 0.371. The van der Waals surface area contributed by atoms with Crippen LogP contribution in [-0.2, 0) is 19.2 Å². The number of carboxylic acids is 1. The van der Waals surface area contributed by atoms with Crippen molar-refractivity contribution in [3.8, 4) is 22.4 Å². The van der Waals surface area contributed by atoms with Gasteiger partial charge in [-0.1, -0.05) is 74.5 Å². The molecule has 3 rings (SSSR count). The Morgan fingerprint density at radius 3 is 1.90 bits per heavy atom. The van der Waals surface area contributed by atoms with Crippen molar-refractivity contribution in [1.82, 2.24) is 15.2 Å². The summed E-state index contributed by atoms with van der Waals surface area (Å²) in [6, 6.07) is 15.7. The monoisotopic (exact) mass is 676 g/mol. The molecule has 14 nitrogen and oxygen atoms in total. The molecule has 0 saturated carbocycles. The second-order valence-electron chi connectivity index (χ2n) is 11.2. The number of carbonyl (C=O) groups is 5. The first-order chi connectivity index (χ1) is 23.3. The zero-order valence-corrected chi connectivity index (χ0v) is 28.7. The van der Waals surface area contributed by atoms with E-state index in [9.17, 15) is 29.1 Å². The summed E-state index contributed by atoms with van der Waals surface area (Å²) in [7, 11) is 0. The molecule has 1 aromatic heterocycles. The number of hydrogen-bond donors (Lipinski definition) is 7. The number of nitrogens with one attached hydrogen (secondary N) is 3. The van der Waals surface area contributed by atoms with E-state index in [-0.39, 0.29) is 49.2 Å². The van der Waals surface area contributed by atoms with Crippen LogP contribution in [0.3, 0.4) is 0 Å². The van der Waals surface area contributed by atoms with E-state index in [1.807, 2.05) is 88.4 Å². The average molecular weight is 677 g/mol. The van der Waals surface area contributed by atoms with Gasteiger partial charge in [-0.3, -0.25) is 29.0 Å². The number of carbonyl (C=O) groups excluding carboxylic acids is 4. The number of aromatic nitrogens is 1. The molecule has 0 fully saturated rings. The topological polar surface area (TPSA) is 237 Å². The number of benzene rings is 2. The van der Waals surface area contributed by atoms with Crippen molar-refractivity contribution in [2.45, 2.75) is 78.4 Å².